The molecule has 2 aromatic carbocycles. The summed E-state index contributed by atoms with van der Waals surface area (Å²) in [5.74, 6) is -1.31. The zero-order chi connectivity index (χ0) is 20.3. The van der Waals surface area contributed by atoms with Crippen molar-refractivity contribution in [3.05, 3.63) is 83.4 Å². The zero-order valence-corrected chi connectivity index (χ0v) is 16.5. The van der Waals surface area contributed by atoms with E-state index < -0.39 is 21.7 Å². The second kappa shape index (κ2) is 8.20. The molecule has 3 rings (SSSR count). The summed E-state index contributed by atoms with van der Waals surface area (Å²) < 4.78 is 55.5. The smallest absolute Gasteiger partial charge is 0.243 e. The molecule has 0 aliphatic rings. The highest BCUT2D eigenvalue weighted by Crippen LogP contribution is 2.19. The molecule has 5 nitrogen and oxygen atoms in total. The Morgan fingerprint density at radius 3 is 2.43 bits per heavy atom. The molecule has 0 spiro atoms. The monoisotopic (exact) mass is 405 g/mol. The Kier molecular flexibility index (Phi) is 5.90. The van der Waals surface area contributed by atoms with E-state index in [1.165, 1.54) is 10.4 Å². The average Bonchev–Trinajstić information content (AvgIpc) is 3.09. The number of hydrogen-bond acceptors (Lipinski definition) is 3. The van der Waals surface area contributed by atoms with Crippen LogP contribution in [0.5, 0.6) is 0 Å². The summed E-state index contributed by atoms with van der Waals surface area (Å²) in [5.41, 5.74) is 1.53. The van der Waals surface area contributed by atoms with Crippen LogP contribution in [0.3, 0.4) is 0 Å². The summed E-state index contributed by atoms with van der Waals surface area (Å²) in [5, 5.41) is 0. The number of nitrogens with zero attached hydrogens (tertiary/aromatic N) is 3. The third-order valence-corrected chi connectivity index (χ3v) is 6.40. The second-order valence-electron chi connectivity index (χ2n) is 6.46. The van der Waals surface area contributed by atoms with Crippen LogP contribution < -0.4 is 0 Å². The van der Waals surface area contributed by atoms with Gasteiger partial charge in [0.1, 0.15) is 5.82 Å². The summed E-state index contributed by atoms with van der Waals surface area (Å²) in [6, 6.07) is 10.4. The van der Waals surface area contributed by atoms with Crippen LogP contribution in [0.25, 0.3) is 0 Å². The topological polar surface area (TPSA) is 55.2 Å². The summed E-state index contributed by atoms with van der Waals surface area (Å²) in [6.45, 7) is 4.25. The van der Waals surface area contributed by atoms with Crippen LogP contribution in [0.4, 0.5) is 8.78 Å². The first-order valence-electron chi connectivity index (χ1n) is 8.82. The van der Waals surface area contributed by atoms with Crippen LogP contribution in [0.15, 0.2) is 59.8 Å². The Balaban J connectivity index is 1.83. The maximum Gasteiger partial charge on any atom is 0.243 e. The third kappa shape index (κ3) is 4.28. The fraction of sp³-hybridized carbons (Fsp3) is 0.250. The van der Waals surface area contributed by atoms with Gasteiger partial charge in [-0.15, -0.1) is 0 Å². The van der Waals surface area contributed by atoms with Gasteiger partial charge in [0.2, 0.25) is 10.0 Å². The lowest BCUT2D eigenvalue weighted by Gasteiger charge is -2.21. The molecule has 0 atom stereocenters. The van der Waals surface area contributed by atoms with Gasteiger partial charge in [0.15, 0.2) is 11.6 Å². The SMILES string of the molecule is CCN(Cc1nccn1Cc1ccc(F)c(F)c1)S(=O)(=O)c1ccc(C)cc1. The molecule has 0 saturated carbocycles. The lowest BCUT2D eigenvalue weighted by molar-refractivity contribution is 0.407. The average molecular weight is 405 g/mol. The molecular weight excluding hydrogens is 384 g/mol. The van der Waals surface area contributed by atoms with Gasteiger partial charge in [-0.25, -0.2) is 22.2 Å². The second-order valence-corrected chi connectivity index (χ2v) is 8.40. The van der Waals surface area contributed by atoms with Gasteiger partial charge >= 0.3 is 0 Å². The molecule has 0 aliphatic heterocycles. The normalized spacial score (nSPS) is 11.9. The molecule has 0 aliphatic carbocycles. The standard InChI is InChI=1S/C20H21F2N3O2S/c1-3-25(28(26,27)17-7-4-15(2)5-8-17)14-20-23-10-11-24(20)13-16-6-9-18(21)19(22)12-16/h4-12H,3,13-14H2,1-2H3. The molecule has 148 valence electrons. The molecule has 0 saturated heterocycles. The van der Waals surface area contributed by atoms with Crippen molar-refractivity contribution in [1.29, 1.82) is 0 Å². The summed E-state index contributed by atoms with van der Waals surface area (Å²) in [7, 11) is -3.68. The number of halogens is 2. The maximum atomic E-state index is 13.5. The van der Waals surface area contributed by atoms with Crippen molar-refractivity contribution in [3.63, 3.8) is 0 Å². The molecular formula is C20H21F2N3O2S. The third-order valence-electron chi connectivity index (χ3n) is 4.47. The van der Waals surface area contributed by atoms with Crippen molar-refractivity contribution < 1.29 is 17.2 Å². The van der Waals surface area contributed by atoms with Crippen LogP contribution in [0, 0.1) is 18.6 Å². The predicted octanol–water partition coefficient (Wildman–Crippen LogP) is 3.73. The molecule has 0 unspecified atom stereocenters. The molecule has 8 heteroatoms. The number of imidazole rings is 1. The highest BCUT2D eigenvalue weighted by molar-refractivity contribution is 7.89. The number of sulfonamides is 1. The fourth-order valence-corrected chi connectivity index (χ4v) is 4.26. The van der Waals surface area contributed by atoms with Crippen LogP contribution in [-0.4, -0.2) is 28.8 Å². The molecule has 28 heavy (non-hydrogen) atoms. The Labute approximate surface area is 163 Å². The van der Waals surface area contributed by atoms with E-state index in [1.807, 2.05) is 6.92 Å². The highest BCUT2D eigenvalue weighted by Gasteiger charge is 2.24. The van der Waals surface area contributed by atoms with Gasteiger partial charge in [-0.1, -0.05) is 30.7 Å². The van der Waals surface area contributed by atoms with Gasteiger partial charge in [-0.3, -0.25) is 0 Å². The van der Waals surface area contributed by atoms with Crippen molar-refractivity contribution in [2.24, 2.45) is 0 Å². The number of hydrogen-bond donors (Lipinski definition) is 0. The van der Waals surface area contributed by atoms with Crippen molar-refractivity contribution in [3.8, 4) is 0 Å². The van der Waals surface area contributed by atoms with Gasteiger partial charge in [0.25, 0.3) is 0 Å². The minimum Gasteiger partial charge on any atom is -0.329 e. The van der Waals surface area contributed by atoms with Crippen molar-refractivity contribution in [2.75, 3.05) is 6.54 Å². The predicted molar refractivity (Wildman–Crippen MR) is 102 cm³/mol. The number of benzene rings is 2. The molecule has 3 aromatic rings. The number of aromatic nitrogens is 2. The first-order valence-corrected chi connectivity index (χ1v) is 10.3. The number of aryl methyl sites for hydroxylation is 1. The lowest BCUT2D eigenvalue weighted by atomic mass is 10.2. The molecule has 1 aromatic heterocycles. The Morgan fingerprint density at radius 2 is 1.79 bits per heavy atom. The van der Waals surface area contributed by atoms with Crippen LogP contribution in [0.1, 0.15) is 23.9 Å². The first kappa shape index (κ1) is 20.2. The Hall–Kier alpha value is -2.58. The Bertz CT molecular complexity index is 1060. The van der Waals surface area contributed by atoms with E-state index in [-0.39, 0.29) is 24.5 Å². The Morgan fingerprint density at radius 1 is 1.07 bits per heavy atom. The molecule has 0 radical (unpaired) electrons. The highest BCUT2D eigenvalue weighted by atomic mass is 32.2. The summed E-state index contributed by atoms with van der Waals surface area (Å²) in [4.78, 5) is 4.47. The van der Waals surface area contributed by atoms with E-state index in [9.17, 15) is 17.2 Å². The first-order chi connectivity index (χ1) is 13.3. The van der Waals surface area contributed by atoms with E-state index in [0.717, 1.165) is 17.7 Å². The minimum absolute atomic E-state index is 0.0728. The molecule has 1 heterocycles. The van der Waals surface area contributed by atoms with Crippen molar-refractivity contribution in [1.82, 2.24) is 13.9 Å². The minimum atomic E-state index is -3.68. The van der Waals surface area contributed by atoms with E-state index >= 15 is 0 Å². The summed E-state index contributed by atoms with van der Waals surface area (Å²) in [6.07, 6.45) is 3.24. The number of rotatable bonds is 7. The van der Waals surface area contributed by atoms with Crippen LogP contribution >= 0.6 is 0 Å². The van der Waals surface area contributed by atoms with Crippen LogP contribution in [0.2, 0.25) is 0 Å². The van der Waals surface area contributed by atoms with Gasteiger partial charge in [0.05, 0.1) is 11.4 Å². The van der Waals surface area contributed by atoms with Gasteiger partial charge in [0, 0.05) is 25.5 Å². The van der Waals surface area contributed by atoms with E-state index in [4.69, 9.17) is 0 Å². The fourth-order valence-electron chi connectivity index (χ4n) is 2.85. The van der Waals surface area contributed by atoms with E-state index in [2.05, 4.69) is 4.98 Å². The van der Waals surface area contributed by atoms with E-state index in [1.54, 1.807) is 48.1 Å². The molecule has 0 amide bonds. The molecule has 0 N–H and O–H groups in total. The maximum absolute atomic E-state index is 13.5. The van der Waals surface area contributed by atoms with Crippen molar-refractivity contribution in [2.45, 2.75) is 31.8 Å². The molecule has 0 fully saturated rings. The lowest BCUT2D eigenvalue weighted by Crippen LogP contribution is -2.31. The molecule has 0 bridgehead atoms. The quantitative estimate of drug-likeness (QED) is 0.602. The largest absolute Gasteiger partial charge is 0.329 e. The van der Waals surface area contributed by atoms with Gasteiger partial charge < -0.3 is 4.57 Å². The summed E-state index contributed by atoms with van der Waals surface area (Å²) >= 11 is 0. The van der Waals surface area contributed by atoms with Crippen molar-refractivity contribution >= 4 is 10.0 Å². The van der Waals surface area contributed by atoms with E-state index in [0.29, 0.717) is 11.4 Å². The van der Waals surface area contributed by atoms with Crippen LogP contribution in [-0.2, 0) is 23.1 Å². The zero-order valence-electron chi connectivity index (χ0n) is 15.6. The van der Waals surface area contributed by atoms with Gasteiger partial charge in [-0.05, 0) is 36.8 Å². The van der Waals surface area contributed by atoms with Gasteiger partial charge in [-0.2, -0.15) is 4.31 Å².